The molecule has 0 aliphatic carbocycles. The van der Waals surface area contributed by atoms with E-state index in [-0.39, 0.29) is 45.9 Å². The minimum absolute atomic E-state index is 0. The Bertz CT molecular complexity index is 144. The molecule has 3 heteroatoms. The molecule has 0 aliphatic rings. The van der Waals surface area contributed by atoms with Crippen LogP contribution >= 0.6 is 17.0 Å². The summed E-state index contributed by atoms with van der Waals surface area (Å²) in [7, 11) is 0. The Hall–Kier alpha value is 0.396. The Kier molecular flexibility index (Phi) is 20.7. The number of hydrogen-bond acceptors (Lipinski definition) is 0. The van der Waals surface area contributed by atoms with Crippen molar-refractivity contribution in [2.24, 2.45) is 0 Å². The van der Waals surface area contributed by atoms with Gasteiger partial charge in [0.25, 0.3) is 0 Å². The van der Waals surface area contributed by atoms with E-state index >= 15 is 0 Å². The third-order valence-electron chi connectivity index (χ3n) is 0.678. The van der Waals surface area contributed by atoms with Gasteiger partial charge in [0.15, 0.2) is 0 Å². The van der Waals surface area contributed by atoms with Gasteiger partial charge in [-0.3, -0.25) is 0 Å². The van der Waals surface area contributed by atoms with Crippen LogP contribution in [0, 0.1) is 18.8 Å². The molecule has 0 aliphatic heterocycles. The first-order valence-corrected chi connectivity index (χ1v) is 2.72. The second-order valence-corrected chi connectivity index (χ2v) is 1.22. The zero-order valence-electron chi connectivity index (χ0n) is 6.51. The summed E-state index contributed by atoms with van der Waals surface area (Å²) in [6, 6.07) is 8.49. The molecule has 0 saturated heterocycles. The van der Waals surface area contributed by atoms with Crippen LogP contribution < -0.4 is 0 Å². The summed E-state index contributed by atoms with van der Waals surface area (Å²) in [4.78, 5) is 0. The molecule has 0 nitrogen and oxygen atoms in total. The summed E-state index contributed by atoms with van der Waals surface area (Å²) in [5.74, 6) is -0.209. The quantitative estimate of drug-likeness (QED) is 0.474. The van der Waals surface area contributed by atoms with Gasteiger partial charge in [-0.25, -0.2) is 4.39 Å². The van der Waals surface area contributed by atoms with E-state index in [1.165, 1.54) is 24.3 Å². The van der Waals surface area contributed by atoms with E-state index in [2.05, 4.69) is 13.0 Å². The van der Waals surface area contributed by atoms with Crippen molar-refractivity contribution < 1.29 is 4.39 Å². The molecule has 0 spiro atoms. The summed E-state index contributed by atoms with van der Waals surface area (Å²) in [6.07, 6.45) is 0. The van der Waals surface area contributed by atoms with Crippen molar-refractivity contribution in [1.29, 1.82) is 0 Å². The molecule has 1 aromatic carbocycles. The first-order valence-electron chi connectivity index (χ1n) is 2.72. The van der Waals surface area contributed by atoms with Crippen molar-refractivity contribution in [2.45, 2.75) is 6.92 Å². The number of rotatable bonds is 0. The Morgan fingerprint density at radius 2 is 1.64 bits per heavy atom. The van der Waals surface area contributed by atoms with Crippen molar-refractivity contribution in [3.63, 3.8) is 0 Å². The van der Waals surface area contributed by atoms with Gasteiger partial charge < -0.3 is 6.92 Å². The Balaban J connectivity index is -0.000000149. The van der Waals surface area contributed by atoms with Gasteiger partial charge in [-0.2, -0.15) is 25.1 Å². The third-order valence-corrected chi connectivity index (χ3v) is 0.678. The normalized spacial score (nSPS) is 6.09. The molecule has 0 heterocycles. The second kappa shape index (κ2) is 13.0. The van der Waals surface area contributed by atoms with Gasteiger partial charge in [-0.05, 0) is 0 Å². The van der Waals surface area contributed by atoms with Crippen molar-refractivity contribution in [2.75, 3.05) is 0 Å². The van der Waals surface area contributed by atoms with Crippen LogP contribution in [-0.2, 0) is 0 Å². The molecular weight excluding hydrogens is 219 g/mol. The maximum atomic E-state index is 11.9. The van der Waals surface area contributed by atoms with Crippen LogP contribution in [0.15, 0.2) is 24.3 Å². The van der Waals surface area contributed by atoms with E-state index in [4.69, 9.17) is 0 Å². The monoisotopic (exact) mass is 228 g/mol. The number of halogens is 2. The fourth-order valence-corrected chi connectivity index (χ4v) is 0.367. The van der Waals surface area contributed by atoms with Gasteiger partial charge in [0.2, 0.25) is 0 Å². The molecule has 0 fully saturated rings. The molecule has 0 aromatic heterocycles. The van der Waals surface area contributed by atoms with E-state index in [1.54, 1.807) is 6.92 Å². The molecular formula is C8H10BrFMg. The van der Waals surface area contributed by atoms with Crippen LogP contribution in [0.1, 0.15) is 6.92 Å². The number of hydrogen-bond donors (Lipinski definition) is 0. The SMILES string of the molecule is Br.Fc1cc[c-]cc1.[CH2-]C.[Mg+2]. The molecule has 0 unspecified atom stereocenters. The third kappa shape index (κ3) is 10.4. The van der Waals surface area contributed by atoms with Crippen molar-refractivity contribution in [1.82, 2.24) is 0 Å². The maximum Gasteiger partial charge on any atom is 2.00 e. The Morgan fingerprint density at radius 3 is 1.82 bits per heavy atom. The fourth-order valence-electron chi connectivity index (χ4n) is 0.367. The van der Waals surface area contributed by atoms with Crippen LogP contribution in [0.4, 0.5) is 4.39 Å². The van der Waals surface area contributed by atoms with E-state index in [0.29, 0.717) is 0 Å². The average molecular weight is 229 g/mol. The smallest absolute Gasteiger partial charge is 0.346 e. The van der Waals surface area contributed by atoms with Crippen LogP contribution in [-0.4, -0.2) is 23.1 Å². The Labute approximate surface area is 94.1 Å². The van der Waals surface area contributed by atoms with Crippen molar-refractivity contribution in [3.8, 4) is 0 Å². The largest absolute Gasteiger partial charge is 2.00 e. The summed E-state index contributed by atoms with van der Waals surface area (Å²) in [5, 5.41) is 0. The summed E-state index contributed by atoms with van der Waals surface area (Å²) < 4.78 is 11.9. The van der Waals surface area contributed by atoms with Gasteiger partial charge in [-0.15, -0.1) is 29.1 Å². The maximum absolute atomic E-state index is 11.9. The van der Waals surface area contributed by atoms with Crippen LogP contribution in [0.2, 0.25) is 0 Å². The van der Waals surface area contributed by atoms with E-state index < -0.39 is 0 Å². The first kappa shape index (κ1) is 17.5. The standard InChI is InChI=1S/C6H4F.C2H5.BrH.Mg/c7-6-4-2-1-3-5-6;1-2;;/h2-5H;1H2,2H3;1H;/q2*-1;;+2. The minimum Gasteiger partial charge on any atom is -0.346 e. The van der Waals surface area contributed by atoms with E-state index in [0.717, 1.165) is 0 Å². The molecule has 0 saturated carbocycles. The van der Waals surface area contributed by atoms with Gasteiger partial charge >= 0.3 is 23.1 Å². The predicted molar refractivity (Wildman–Crippen MR) is 52.3 cm³/mol. The minimum atomic E-state index is -0.209. The van der Waals surface area contributed by atoms with Crippen LogP contribution in [0.5, 0.6) is 0 Å². The van der Waals surface area contributed by atoms with Crippen molar-refractivity contribution in [3.05, 3.63) is 43.1 Å². The zero-order chi connectivity index (χ0) is 7.11. The molecule has 1 aromatic rings. The molecule has 58 valence electrons. The molecule has 0 radical (unpaired) electrons. The van der Waals surface area contributed by atoms with E-state index in [9.17, 15) is 4.39 Å². The molecule has 11 heavy (non-hydrogen) atoms. The van der Waals surface area contributed by atoms with Crippen LogP contribution in [0.3, 0.4) is 0 Å². The van der Waals surface area contributed by atoms with E-state index in [1.807, 2.05) is 0 Å². The molecule has 0 bridgehead atoms. The Morgan fingerprint density at radius 1 is 1.27 bits per heavy atom. The molecule has 0 atom stereocenters. The number of benzene rings is 1. The second-order valence-electron chi connectivity index (χ2n) is 1.22. The van der Waals surface area contributed by atoms with Gasteiger partial charge in [0.1, 0.15) is 0 Å². The summed E-state index contributed by atoms with van der Waals surface area (Å²) in [6.45, 7) is 5.00. The summed E-state index contributed by atoms with van der Waals surface area (Å²) >= 11 is 0. The first-order chi connectivity index (χ1) is 4.39. The zero-order valence-corrected chi connectivity index (χ0v) is 9.64. The molecule has 1 rings (SSSR count). The summed E-state index contributed by atoms with van der Waals surface area (Å²) in [5.41, 5.74) is 0. The van der Waals surface area contributed by atoms with Crippen LogP contribution in [0.25, 0.3) is 0 Å². The topological polar surface area (TPSA) is 0 Å². The van der Waals surface area contributed by atoms with Gasteiger partial charge in [0.05, 0.1) is 0 Å². The average Bonchev–Trinajstić information content (AvgIpc) is 1.94. The van der Waals surface area contributed by atoms with Gasteiger partial charge in [0, 0.05) is 5.82 Å². The molecule has 0 amide bonds. The van der Waals surface area contributed by atoms with Gasteiger partial charge in [-0.1, -0.05) is 0 Å². The molecule has 0 N–H and O–H groups in total. The van der Waals surface area contributed by atoms with Crippen molar-refractivity contribution >= 4 is 40.0 Å². The fraction of sp³-hybridized carbons (Fsp3) is 0.125. The predicted octanol–water partition coefficient (Wildman–Crippen LogP) is 2.66.